The van der Waals surface area contributed by atoms with E-state index in [1.807, 2.05) is 0 Å². The molecule has 25 heavy (non-hydrogen) atoms. The van der Waals surface area contributed by atoms with Gasteiger partial charge in [-0.2, -0.15) is 5.10 Å². The second kappa shape index (κ2) is 6.71. The zero-order chi connectivity index (χ0) is 18.0. The highest BCUT2D eigenvalue weighted by Gasteiger charge is 2.22. The maximum absolute atomic E-state index is 12.4. The maximum atomic E-state index is 12.4. The van der Waals surface area contributed by atoms with Gasteiger partial charge < -0.3 is 10.0 Å². The fraction of sp³-hybridized carbons (Fsp3) is 0.312. The van der Waals surface area contributed by atoms with E-state index >= 15 is 0 Å². The highest BCUT2D eigenvalue weighted by molar-refractivity contribution is 5.88. The number of carbonyl (C=O) groups excluding carboxylic acids is 1. The molecular formula is C16H16N4O5. The number of hydrogen-bond acceptors (Lipinski definition) is 5. The molecule has 1 aliphatic heterocycles. The van der Waals surface area contributed by atoms with E-state index in [4.69, 9.17) is 5.11 Å². The molecular weight excluding hydrogens is 328 g/mol. The molecule has 2 aromatic rings. The van der Waals surface area contributed by atoms with Gasteiger partial charge in [0.05, 0.1) is 10.5 Å². The van der Waals surface area contributed by atoms with E-state index in [-0.39, 0.29) is 30.1 Å². The molecule has 0 atom stereocenters. The number of carbonyl (C=O) groups is 2. The molecule has 0 unspecified atom stereocenters. The molecule has 130 valence electrons. The fourth-order valence-corrected chi connectivity index (χ4v) is 2.84. The van der Waals surface area contributed by atoms with Crippen molar-refractivity contribution >= 4 is 17.6 Å². The lowest BCUT2D eigenvalue weighted by Gasteiger charge is -2.29. The van der Waals surface area contributed by atoms with E-state index in [1.54, 1.807) is 23.1 Å². The number of nitro groups is 1. The third-order valence-corrected chi connectivity index (χ3v) is 4.20. The van der Waals surface area contributed by atoms with E-state index in [9.17, 15) is 19.7 Å². The number of fused-ring (bicyclic) bond motifs is 1. The number of aryl methyl sites for hydroxylation is 1. The van der Waals surface area contributed by atoms with Crippen LogP contribution in [0, 0.1) is 10.1 Å². The number of amides is 1. The third kappa shape index (κ3) is 3.65. The third-order valence-electron chi connectivity index (χ3n) is 4.20. The molecule has 1 aliphatic rings. The number of carboxylic acid groups (broad SMARTS) is 1. The summed E-state index contributed by atoms with van der Waals surface area (Å²) in [5.41, 5.74) is 1.99. The molecule has 0 saturated carbocycles. The Labute approximate surface area is 142 Å². The molecule has 0 fully saturated rings. The van der Waals surface area contributed by atoms with Gasteiger partial charge in [0.25, 0.3) is 0 Å². The predicted molar refractivity (Wildman–Crippen MR) is 86.0 cm³/mol. The number of nitrogens with zero attached hydrogens (tertiary/aromatic N) is 4. The SMILES string of the molecule is O=C(O)c1ccc2c(c1)CN(C(=O)CCn1cc([N+](=O)[O-])cn1)CC2. The van der Waals surface area contributed by atoms with Gasteiger partial charge in [0.1, 0.15) is 12.4 Å². The number of aromatic carboxylic acids is 1. The second-order valence-corrected chi connectivity index (χ2v) is 5.82. The highest BCUT2D eigenvalue weighted by atomic mass is 16.6. The lowest BCUT2D eigenvalue weighted by atomic mass is 9.97. The molecule has 1 aromatic carbocycles. The summed E-state index contributed by atoms with van der Waals surface area (Å²) in [6.07, 6.45) is 3.29. The van der Waals surface area contributed by atoms with Crippen LogP contribution < -0.4 is 0 Å². The molecule has 2 heterocycles. The maximum Gasteiger partial charge on any atom is 0.335 e. The smallest absolute Gasteiger partial charge is 0.335 e. The minimum Gasteiger partial charge on any atom is -0.478 e. The van der Waals surface area contributed by atoms with Crippen LogP contribution in [-0.2, 0) is 24.3 Å². The Morgan fingerprint density at radius 3 is 2.80 bits per heavy atom. The largest absolute Gasteiger partial charge is 0.478 e. The summed E-state index contributed by atoms with van der Waals surface area (Å²) >= 11 is 0. The van der Waals surface area contributed by atoms with E-state index in [0.717, 1.165) is 17.3 Å². The van der Waals surface area contributed by atoms with Gasteiger partial charge in [0.2, 0.25) is 5.91 Å². The Morgan fingerprint density at radius 1 is 1.32 bits per heavy atom. The Balaban J connectivity index is 1.62. The standard InChI is InChI=1S/C16H16N4O5/c21-15(4-6-19-10-14(8-17-19)20(24)25)18-5-3-11-1-2-12(16(22)23)7-13(11)9-18/h1-2,7-8,10H,3-6,9H2,(H,22,23). The fourth-order valence-electron chi connectivity index (χ4n) is 2.84. The zero-order valence-corrected chi connectivity index (χ0v) is 13.3. The molecule has 1 amide bonds. The number of carboxylic acids is 1. The number of hydrogen-bond donors (Lipinski definition) is 1. The van der Waals surface area contributed by atoms with E-state index in [0.29, 0.717) is 19.5 Å². The molecule has 0 radical (unpaired) electrons. The van der Waals surface area contributed by atoms with Crippen molar-refractivity contribution in [3.63, 3.8) is 0 Å². The van der Waals surface area contributed by atoms with Gasteiger partial charge in [-0.3, -0.25) is 19.6 Å². The predicted octanol–water partition coefficient (Wildman–Crippen LogP) is 1.46. The lowest BCUT2D eigenvalue weighted by Crippen LogP contribution is -2.36. The van der Waals surface area contributed by atoms with Gasteiger partial charge in [-0.1, -0.05) is 6.07 Å². The van der Waals surface area contributed by atoms with Gasteiger partial charge >= 0.3 is 11.7 Å². The summed E-state index contributed by atoms with van der Waals surface area (Å²) in [7, 11) is 0. The quantitative estimate of drug-likeness (QED) is 0.648. The van der Waals surface area contributed by atoms with Crippen LogP contribution in [0.2, 0.25) is 0 Å². The first-order chi connectivity index (χ1) is 11.9. The van der Waals surface area contributed by atoms with Crippen LogP contribution in [0.5, 0.6) is 0 Å². The molecule has 1 N–H and O–H groups in total. The molecule has 1 aromatic heterocycles. The van der Waals surface area contributed by atoms with E-state index < -0.39 is 10.9 Å². The van der Waals surface area contributed by atoms with Crippen LogP contribution in [0.15, 0.2) is 30.6 Å². The molecule has 0 aliphatic carbocycles. The number of benzene rings is 1. The van der Waals surface area contributed by atoms with Crippen LogP contribution in [0.4, 0.5) is 5.69 Å². The minimum atomic E-state index is -0.994. The summed E-state index contributed by atoms with van der Waals surface area (Å²) < 4.78 is 1.37. The second-order valence-electron chi connectivity index (χ2n) is 5.82. The average Bonchev–Trinajstić information content (AvgIpc) is 3.08. The first kappa shape index (κ1) is 16.6. The lowest BCUT2D eigenvalue weighted by molar-refractivity contribution is -0.385. The summed E-state index contributed by atoms with van der Waals surface area (Å²) in [6.45, 7) is 1.19. The van der Waals surface area contributed by atoms with Crippen LogP contribution >= 0.6 is 0 Å². The van der Waals surface area contributed by atoms with Crippen LogP contribution in [0.25, 0.3) is 0 Å². The Bertz CT molecular complexity index is 845. The topological polar surface area (TPSA) is 119 Å². The zero-order valence-electron chi connectivity index (χ0n) is 13.3. The molecule has 9 heteroatoms. The summed E-state index contributed by atoms with van der Waals surface area (Å²) in [6, 6.07) is 4.97. The first-order valence-electron chi connectivity index (χ1n) is 7.74. The Hall–Kier alpha value is -3.23. The van der Waals surface area contributed by atoms with Crippen molar-refractivity contribution in [3.8, 4) is 0 Å². The van der Waals surface area contributed by atoms with E-state index in [1.165, 1.54) is 10.9 Å². The van der Waals surface area contributed by atoms with Crippen molar-refractivity contribution in [1.29, 1.82) is 0 Å². The van der Waals surface area contributed by atoms with E-state index in [2.05, 4.69) is 5.10 Å². The summed E-state index contributed by atoms with van der Waals surface area (Å²) in [4.78, 5) is 35.2. The Morgan fingerprint density at radius 2 is 2.12 bits per heavy atom. The monoisotopic (exact) mass is 344 g/mol. The van der Waals surface area contributed by atoms with Gasteiger partial charge in [0, 0.05) is 26.1 Å². The van der Waals surface area contributed by atoms with Crippen molar-refractivity contribution < 1.29 is 19.6 Å². The van der Waals surface area contributed by atoms with Crippen LogP contribution in [0.1, 0.15) is 27.9 Å². The average molecular weight is 344 g/mol. The molecule has 0 saturated heterocycles. The Kier molecular flexibility index (Phi) is 4.46. The van der Waals surface area contributed by atoms with Crippen molar-refractivity contribution in [2.75, 3.05) is 6.54 Å². The normalized spacial score (nSPS) is 13.4. The van der Waals surface area contributed by atoms with Gasteiger partial charge in [-0.15, -0.1) is 0 Å². The van der Waals surface area contributed by atoms with Crippen molar-refractivity contribution in [1.82, 2.24) is 14.7 Å². The number of rotatable bonds is 5. The minimum absolute atomic E-state index is 0.0930. The summed E-state index contributed by atoms with van der Waals surface area (Å²) in [5, 5.41) is 23.6. The van der Waals surface area contributed by atoms with Crippen molar-refractivity contribution in [3.05, 3.63) is 57.4 Å². The highest BCUT2D eigenvalue weighted by Crippen LogP contribution is 2.21. The molecule has 9 nitrogen and oxygen atoms in total. The van der Waals surface area contributed by atoms with Gasteiger partial charge in [-0.05, 0) is 29.7 Å². The molecule has 0 bridgehead atoms. The first-order valence-corrected chi connectivity index (χ1v) is 7.74. The van der Waals surface area contributed by atoms with Crippen molar-refractivity contribution in [2.45, 2.75) is 25.9 Å². The number of aromatic nitrogens is 2. The summed E-state index contributed by atoms with van der Waals surface area (Å²) in [5.74, 6) is -1.09. The molecule has 3 rings (SSSR count). The van der Waals surface area contributed by atoms with Crippen LogP contribution in [-0.4, -0.2) is 43.1 Å². The van der Waals surface area contributed by atoms with Crippen molar-refractivity contribution in [2.24, 2.45) is 0 Å². The van der Waals surface area contributed by atoms with Gasteiger partial charge in [-0.25, -0.2) is 4.79 Å². The van der Waals surface area contributed by atoms with Crippen LogP contribution in [0.3, 0.4) is 0 Å². The van der Waals surface area contributed by atoms with Gasteiger partial charge in [0.15, 0.2) is 0 Å². The molecule has 0 spiro atoms.